The summed E-state index contributed by atoms with van der Waals surface area (Å²) in [5, 5.41) is 10.7. The summed E-state index contributed by atoms with van der Waals surface area (Å²) >= 11 is 1.49. The Balaban J connectivity index is 1.56. The number of rotatable bonds is 4. The standard InChI is InChI=1S/C14H20N6OS/c1-9-16-13-5-4-11(7-20(13)18-9)15-6-12-8-22-14(17-12)19(3)10(2)21/h8,11,15H,4-7H2,1-3H3/t11-/m0/s1. The summed E-state index contributed by atoms with van der Waals surface area (Å²) in [5.41, 5.74) is 0.966. The van der Waals surface area contributed by atoms with Crippen molar-refractivity contribution in [3.8, 4) is 0 Å². The van der Waals surface area contributed by atoms with Crippen LogP contribution in [-0.4, -0.2) is 38.7 Å². The zero-order chi connectivity index (χ0) is 15.7. The normalized spacial score (nSPS) is 17.3. The molecule has 1 N–H and O–H groups in total. The van der Waals surface area contributed by atoms with Gasteiger partial charge in [0.05, 0.1) is 12.2 Å². The number of carbonyl (C=O) groups is 1. The van der Waals surface area contributed by atoms with Crippen molar-refractivity contribution in [2.24, 2.45) is 0 Å². The first-order chi connectivity index (χ1) is 10.5. The summed E-state index contributed by atoms with van der Waals surface area (Å²) < 4.78 is 1.99. The van der Waals surface area contributed by atoms with Crippen molar-refractivity contribution in [3.05, 3.63) is 22.7 Å². The minimum atomic E-state index is -0.00442. The number of aromatic nitrogens is 4. The summed E-state index contributed by atoms with van der Waals surface area (Å²) in [5.74, 6) is 1.91. The summed E-state index contributed by atoms with van der Waals surface area (Å²) in [7, 11) is 1.74. The van der Waals surface area contributed by atoms with Crippen molar-refractivity contribution in [2.45, 2.75) is 45.8 Å². The molecule has 2 aromatic rings. The van der Waals surface area contributed by atoms with Gasteiger partial charge in [0.2, 0.25) is 5.91 Å². The smallest absolute Gasteiger partial charge is 0.225 e. The van der Waals surface area contributed by atoms with E-state index in [1.165, 1.54) is 11.3 Å². The second-order valence-corrected chi connectivity index (χ2v) is 6.41. The van der Waals surface area contributed by atoms with Crippen molar-refractivity contribution in [2.75, 3.05) is 11.9 Å². The van der Waals surface area contributed by atoms with E-state index in [0.717, 1.165) is 41.9 Å². The van der Waals surface area contributed by atoms with Gasteiger partial charge >= 0.3 is 0 Å². The van der Waals surface area contributed by atoms with Crippen LogP contribution in [0.1, 0.15) is 30.7 Å². The number of aryl methyl sites for hydroxylation is 2. The summed E-state index contributed by atoms with van der Waals surface area (Å²) in [4.78, 5) is 21.8. The maximum Gasteiger partial charge on any atom is 0.225 e. The van der Waals surface area contributed by atoms with Crippen molar-refractivity contribution < 1.29 is 4.79 Å². The molecule has 0 fully saturated rings. The molecule has 3 rings (SSSR count). The van der Waals surface area contributed by atoms with Gasteiger partial charge in [0, 0.05) is 38.4 Å². The predicted molar refractivity (Wildman–Crippen MR) is 84.9 cm³/mol. The lowest BCUT2D eigenvalue weighted by atomic mass is 10.1. The minimum Gasteiger partial charge on any atom is -0.306 e. The molecule has 118 valence electrons. The molecule has 22 heavy (non-hydrogen) atoms. The lowest BCUT2D eigenvalue weighted by molar-refractivity contribution is -0.116. The Morgan fingerprint density at radius 2 is 2.36 bits per heavy atom. The fourth-order valence-electron chi connectivity index (χ4n) is 2.52. The molecular weight excluding hydrogens is 300 g/mol. The van der Waals surface area contributed by atoms with Crippen LogP contribution in [0.5, 0.6) is 0 Å². The maximum absolute atomic E-state index is 11.3. The number of nitrogens with one attached hydrogen (secondary N) is 1. The number of amides is 1. The lowest BCUT2D eigenvalue weighted by Crippen LogP contribution is -2.37. The molecule has 7 nitrogen and oxygen atoms in total. The fourth-order valence-corrected chi connectivity index (χ4v) is 3.35. The van der Waals surface area contributed by atoms with Crippen LogP contribution in [0.4, 0.5) is 5.13 Å². The third kappa shape index (κ3) is 3.17. The molecule has 1 aliphatic rings. The van der Waals surface area contributed by atoms with Crippen molar-refractivity contribution in [1.82, 2.24) is 25.1 Å². The number of anilines is 1. The minimum absolute atomic E-state index is 0.00442. The molecular formula is C14H20N6OS. The van der Waals surface area contributed by atoms with Gasteiger partial charge in [0.15, 0.2) is 5.13 Å². The Kier molecular flexibility index (Phi) is 4.21. The number of fused-ring (bicyclic) bond motifs is 1. The van der Waals surface area contributed by atoms with Crippen LogP contribution < -0.4 is 10.2 Å². The Labute approximate surface area is 133 Å². The Morgan fingerprint density at radius 1 is 1.55 bits per heavy atom. The first kappa shape index (κ1) is 15.1. The van der Waals surface area contributed by atoms with Gasteiger partial charge in [-0.15, -0.1) is 11.3 Å². The Hall–Kier alpha value is -1.80. The average Bonchev–Trinajstić information content (AvgIpc) is 3.08. The van der Waals surface area contributed by atoms with E-state index in [1.807, 2.05) is 17.0 Å². The van der Waals surface area contributed by atoms with Crippen molar-refractivity contribution >= 4 is 22.4 Å². The highest BCUT2D eigenvalue weighted by Crippen LogP contribution is 2.20. The van der Waals surface area contributed by atoms with Crippen LogP contribution in [0.15, 0.2) is 5.38 Å². The van der Waals surface area contributed by atoms with Gasteiger partial charge in [0.1, 0.15) is 11.6 Å². The van der Waals surface area contributed by atoms with Crippen LogP contribution >= 0.6 is 11.3 Å². The topological polar surface area (TPSA) is 75.9 Å². The first-order valence-electron chi connectivity index (χ1n) is 7.35. The van der Waals surface area contributed by atoms with E-state index in [9.17, 15) is 4.79 Å². The van der Waals surface area contributed by atoms with Gasteiger partial charge in [-0.1, -0.05) is 0 Å². The van der Waals surface area contributed by atoms with Crippen molar-refractivity contribution in [1.29, 1.82) is 0 Å². The third-order valence-corrected chi connectivity index (χ3v) is 4.80. The summed E-state index contributed by atoms with van der Waals surface area (Å²) in [6.07, 6.45) is 2.01. The molecule has 0 aliphatic carbocycles. The molecule has 1 atom stereocenters. The Morgan fingerprint density at radius 3 is 3.14 bits per heavy atom. The highest BCUT2D eigenvalue weighted by molar-refractivity contribution is 7.14. The van der Waals surface area contributed by atoms with Gasteiger partial charge in [-0.05, 0) is 13.3 Å². The van der Waals surface area contributed by atoms with Gasteiger partial charge in [0.25, 0.3) is 0 Å². The molecule has 1 aliphatic heterocycles. The zero-order valence-corrected chi connectivity index (χ0v) is 13.9. The monoisotopic (exact) mass is 320 g/mol. The van der Waals surface area contributed by atoms with Crippen LogP contribution in [0.2, 0.25) is 0 Å². The lowest BCUT2D eigenvalue weighted by Gasteiger charge is -2.23. The second-order valence-electron chi connectivity index (χ2n) is 5.57. The molecule has 8 heteroatoms. The first-order valence-corrected chi connectivity index (χ1v) is 8.23. The second kappa shape index (κ2) is 6.13. The highest BCUT2D eigenvalue weighted by atomic mass is 32.1. The molecule has 1 amide bonds. The maximum atomic E-state index is 11.3. The Bertz CT molecular complexity index is 679. The number of hydrogen-bond donors (Lipinski definition) is 1. The quantitative estimate of drug-likeness (QED) is 0.914. The van der Waals surface area contributed by atoms with E-state index in [1.54, 1.807) is 18.9 Å². The molecule has 0 unspecified atom stereocenters. The molecule has 0 saturated carbocycles. The average molecular weight is 320 g/mol. The molecule has 2 aromatic heterocycles. The van der Waals surface area contributed by atoms with E-state index >= 15 is 0 Å². The molecule has 3 heterocycles. The number of carbonyl (C=O) groups excluding carboxylic acids is 1. The predicted octanol–water partition coefficient (Wildman–Crippen LogP) is 1.13. The van der Waals surface area contributed by atoms with E-state index in [4.69, 9.17) is 0 Å². The molecule has 0 spiro atoms. The van der Waals surface area contributed by atoms with E-state index < -0.39 is 0 Å². The van der Waals surface area contributed by atoms with Crippen LogP contribution in [0.3, 0.4) is 0 Å². The van der Waals surface area contributed by atoms with E-state index in [2.05, 4.69) is 20.4 Å². The molecule has 0 aromatic carbocycles. The van der Waals surface area contributed by atoms with Crippen LogP contribution in [-0.2, 0) is 24.3 Å². The van der Waals surface area contributed by atoms with Crippen molar-refractivity contribution in [3.63, 3.8) is 0 Å². The van der Waals surface area contributed by atoms with Gasteiger partial charge in [-0.25, -0.2) is 14.6 Å². The van der Waals surface area contributed by atoms with Crippen LogP contribution in [0, 0.1) is 6.92 Å². The molecule has 0 saturated heterocycles. The number of thiazole rings is 1. The largest absolute Gasteiger partial charge is 0.306 e. The van der Waals surface area contributed by atoms with Gasteiger partial charge in [-0.2, -0.15) is 5.10 Å². The highest BCUT2D eigenvalue weighted by Gasteiger charge is 2.20. The number of nitrogens with zero attached hydrogens (tertiary/aromatic N) is 5. The fraction of sp³-hybridized carbons (Fsp3) is 0.571. The van der Waals surface area contributed by atoms with Crippen LogP contribution in [0.25, 0.3) is 0 Å². The van der Waals surface area contributed by atoms with Gasteiger partial charge < -0.3 is 5.32 Å². The van der Waals surface area contributed by atoms with E-state index in [-0.39, 0.29) is 5.91 Å². The zero-order valence-electron chi connectivity index (χ0n) is 13.0. The van der Waals surface area contributed by atoms with Gasteiger partial charge in [-0.3, -0.25) is 9.69 Å². The van der Waals surface area contributed by atoms with E-state index in [0.29, 0.717) is 12.6 Å². The summed E-state index contributed by atoms with van der Waals surface area (Å²) in [6, 6.07) is 0.379. The summed E-state index contributed by atoms with van der Waals surface area (Å²) in [6.45, 7) is 5.02. The third-order valence-electron chi connectivity index (χ3n) is 3.83. The molecule has 0 bridgehead atoms. The SMILES string of the molecule is CC(=O)N(C)c1nc(CN[C@H]2CCc3nc(C)nn3C2)cs1. The molecule has 0 radical (unpaired) electrons. The number of hydrogen-bond acceptors (Lipinski definition) is 6.